The quantitative estimate of drug-likeness (QED) is 0.204. The van der Waals surface area contributed by atoms with Crippen LogP contribution in [0.15, 0.2) is 119 Å². The topological polar surface area (TPSA) is 36.0 Å². The van der Waals surface area contributed by atoms with E-state index < -0.39 is 0 Å². The third-order valence-corrected chi connectivity index (χ3v) is 8.65. The summed E-state index contributed by atoms with van der Waals surface area (Å²) < 4.78 is 5.34. The fraction of sp³-hybridized carbons (Fsp3) is 0.139. The SMILES string of the molecule is COc1ccc(C(=O)N2c3ccc(-c4ccccc4N(C)C)cc3Sc3cc(-c4ccccc4N(C)C)ccc32)cc1. The number of amides is 1. The van der Waals surface area contributed by atoms with Crippen LogP contribution in [0.1, 0.15) is 10.4 Å². The molecule has 1 amide bonds. The van der Waals surface area contributed by atoms with Crippen LogP contribution < -0.4 is 19.4 Å². The van der Waals surface area contributed by atoms with Crippen molar-refractivity contribution in [1.29, 1.82) is 0 Å². The fourth-order valence-electron chi connectivity index (χ4n) is 5.44. The summed E-state index contributed by atoms with van der Waals surface area (Å²) in [6.45, 7) is 0. The molecular formula is C36H33N3O2S. The van der Waals surface area contributed by atoms with Crippen LogP contribution in [-0.4, -0.2) is 41.2 Å². The second kappa shape index (κ2) is 11.3. The lowest BCUT2D eigenvalue weighted by Crippen LogP contribution is -2.28. The second-order valence-electron chi connectivity index (χ2n) is 10.7. The maximum absolute atomic E-state index is 14.2. The first-order valence-corrected chi connectivity index (χ1v) is 14.7. The Labute approximate surface area is 252 Å². The summed E-state index contributed by atoms with van der Waals surface area (Å²) in [6, 6.07) is 36.9. The molecule has 6 heteroatoms. The van der Waals surface area contributed by atoms with E-state index in [2.05, 4.69) is 123 Å². The van der Waals surface area contributed by atoms with Crippen molar-refractivity contribution in [2.45, 2.75) is 9.79 Å². The Bertz CT molecular complexity index is 1680. The first-order chi connectivity index (χ1) is 20.4. The van der Waals surface area contributed by atoms with E-state index in [-0.39, 0.29) is 5.91 Å². The van der Waals surface area contributed by atoms with Gasteiger partial charge in [-0.15, -0.1) is 0 Å². The number of fused-ring (bicyclic) bond motifs is 2. The molecule has 0 atom stereocenters. The third-order valence-electron chi connectivity index (χ3n) is 7.56. The Hall–Kier alpha value is -4.68. The van der Waals surface area contributed by atoms with Crippen LogP contribution in [0.5, 0.6) is 5.75 Å². The van der Waals surface area contributed by atoms with E-state index in [1.54, 1.807) is 18.9 Å². The second-order valence-corrected chi connectivity index (χ2v) is 11.7. The minimum absolute atomic E-state index is 0.0802. The number of benzene rings is 5. The summed E-state index contributed by atoms with van der Waals surface area (Å²) in [5.41, 5.74) is 9.17. The van der Waals surface area contributed by atoms with Crippen LogP contribution in [0.4, 0.5) is 22.7 Å². The van der Waals surface area contributed by atoms with Gasteiger partial charge < -0.3 is 14.5 Å². The number of nitrogens with zero attached hydrogens (tertiary/aromatic N) is 3. The van der Waals surface area contributed by atoms with E-state index in [1.165, 1.54) is 0 Å². The number of para-hydroxylation sites is 2. The number of hydrogen-bond donors (Lipinski definition) is 0. The van der Waals surface area contributed by atoms with Crippen LogP contribution in [0.3, 0.4) is 0 Å². The minimum atomic E-state index is -0.0802. The Balaban J connectivity index is 1.50. The van der Waals surface area contributed by atoms with Crippen molar-refractivity contribution in [2.24, 2.45) is 0 Å². The van der Waals surface area contributed by atoms with Gasteiger partial charge in [0.05, 0.1) is 18.5 Å². The Morgan fingerprint density at radius 3 is 1.57 bits per heavy atom. The molecule has 6 rings (SSSR count). The van der Waals surface area contributed by atoms with Gasteiger partial charge in [0.2, 0.25) is 0 Å². The molecule has 0 aromatic heterocycles. The summed E-state index contributed by atoms with van der Waals surface area (Å²) >= 11 is 1.71. The van der Waals surface area contributed by atoms with E-state index in [9.17, 15) is 4.79 Å². The van der Waals surface area contributed by atoms with E-state index in [0.717, 1.165) is 60.5 Å². The Morgan fingerprint density at radius 2 is 1.12 bits per heavy atom. The van der Waals surface area contributed by atoms with Crippen molar-refractivity contribution < 1.29 is 9.53 Å². The molecule has 1 aliphatic rings. The van der Waals surface area contributed by atoms with Crippen molar-refractivity contribution in [3.05, 3.63) is 115 Å². The normalized spacial score (nSPS) is 11.9. The van der Waals surface area contributed by atoms with E-state index >= 15 is 0 Å². The van der Waals surface area contributed by atoms with E-state index in [4.69, 9.17) is 4.74 Å². The zero-order chi connectivity index (χ0) is 29.4. The number of carbonyl (C=O) groups excluding carboxylic acids is 1. The molecule has 0 saturated carbocycles. The molecular weight excluding hydrogens is 538 g/mol. The van der Waals surface area contributed by atoms with Gasteiger partial charge in [-0.25, -0.2) is 0 Å². The van der Waals surface area contributed by atoms with Crippen LogP contribution in [-0.2, 0) is 0 Å². The van der Waals surface area contributed by atoms with Crippen molar-refractivity contribution in [1.82, 2.24) is 0 Å². The molecule has 0 fully saturated rings. The van der Waals surface area contributed by atoms with Crippen LogP contribution >= 0.6 is 11.8 Å². The molecule has 1 heterocycles. The molecule has 210 valence electrons. The first-order valence-electron chi connectivity index (χ1n) is 13.8. The van der Waals surface area contributed by atoms with Gasteiger partial charge in [-0.3, -0.25) is 9.69 Å². The number of hydrogen-bond acceptors (Lipinski definition) is 5. The minimum Gasteiger partial charge on any atom is -0.497 e. The van der Waals surface area contributed by atoms with Crippen LogP contribution in [0.2, 0.25) is 0 Å². The van der Waals surface area contributed by atoms with Gasteiger partial charge in [0.15, 0.2) is 0 Å². The molecule has 0 aliphatic carbocycles. The van der Waals surface area contributed by atoms with Gasteiger partial charge in [-0.05, 0) is 71.8 Å². The highest BCUT2D eigenvalue weighted by Crippen LogP contribution is 2.51. The Kier molecular flexibility index (Phi) is 7.40. The number of carbonyl (C=O) groups is 1. The number of rotatable bonds is 6. The molecule has 0 saturated heterocycles. The number of methoxy groups -OCH3 is 1. The maximum atomic E-state index is 14.2. The molecule has 0 spiro atoms. The molecule has 0 unspecified atom stereocenters. The Morgan fingerprint density at radius 1 is 0.643 bits per heavy atom. The standard InChI is InChI=1S/C36H33N3O2S/c1-37(2)30-12-8-6-10-28(30)25-16-20-32-34(22-25)42-35-23-26(29-11-7-9-13-31(29)38(3)4)17-21-33(35)39(32)36(40)24-14-18-27(41-5)19-15-24/h6-23H,1-5H3. The average molecular weight is 572 g/mol. The number of ether oxygens (including phenoxy) is 1. The van der Waals surface area contributed by atoms with Crippen molar-refractivity contribution >= 4 is 40.4 Å². The van der Waals surface area contributed by atoms with Gasteiger partial charge in [-0.2, -0.15) is 0 Å². The maximum Gasteiger partial charge on any atom is 0.262 e. The van der Waals surface area contributed by atoms with Gasteiger partial charge in [0.1, 0.15) is 5.75 Å². The van der Waals surface area contributed by atoms with Gasteiger partial charge in [0.25, 0.3) is 5.91 Å². The van der Waals surface area contributed by atoms with E-state index in [0.29, 0.717) is 5.56 Å². The lowest BCUT2D eigenvalue weighted by atomic mass is 10.0. The summed E-state index contributed by atoms with van der Waals surface area (Å²) in [5.74, 6) is 0.637. The lowest BCUT2D eigenvalue weighted by molar-refractivity contribution is 0.0998. The van der Waals surface area contributed by atoms with Crippen molar-refractivity contribution in [3.63, 3.8) is 0 Å². The first kappa shape index (κ1) is 27.5. The van der Waals surface area contributed by atoms with Crippen LogP contribution in [0, 0.1) is 0 Å². The van der Waals surface area contributed by atoms with Crippen molar-refractivity contribution in [3.8, 4) is 28.0 Å². The molecule has 42 heavy (non-hydrogen) atoms. The molecule has 5 aromatic carbocycles. The molecule has 0 N–H and O–H groups in total. The zero-order valence-electron chi connectivity index (χ0n) is 24.5. The van der Waals surface area contributed by atoms with E-state index in [1.807, 2.05) is 29.2 Å². The molecule has 5 nitrogen and oxygen atoms in total. The van der Waals surface area contributed by atoms with Gasteiger partial charge >= 0.3 is 0 Å². The predicted molar refractivity (Wildman–Crippen MR) is 176 cm³/mol. The number of anilines is 4. The summed E-state index contributed by atoms with van der Waals surface area (Å²) in [6.07, 6.45) is 0. The fourth-order valence-corrected chi connectivity index (χ4v) is 6.58. The smallest absolute Gasteiger partial charge is 0.262 e. The molecule has 1 aliphatic heterocycles. The summed E-state index contributed by atoms with van der Waals surface area (Å²) in [4.78, 5) is 22.4. The van der Waals surface area contributed by atoms with Crippen molar-refractivity contribution in [2.75, 3.05) is 50.0 Å². The zero-order valence-corrected chi connectivity index (χ0v) is 25.3. The predicted octanol–water partition coefficient (Wildman–Crippen LogP) is 8.60. The highest BCUT2D eigenvalue weighted by atomic mass is 32.2. The largest absolute Gasteiger partial charge is 0.497 e. The highest BCUT2D eigenvalue weighted by molar-refractivity contribution is 7.99. The lowest BCUT2D eigenvalue weighted by Gasteiger charge is -2.32. The van der Waals surface area contributed by atoms with Gasteiger partial charge in [-0.1, -0.05) is 60.3 Å². The third kappa shape index (κ3) is 4.99. The monoisotopic (exact) mass is 571 g/mol. The van der Waals surface area contributed by atoms with Gasteiger partial charge in [0, 0.05) is 66.0 Å². The van der Waals surface area contributed by atoms with Crippen LogP contribution in [0.25, 0.3) is 22.3 Å². The summed E-state index contributed by atoms with van der Waals surface area (Å²) in [7, 11) is 9.87. The molecule has 0 bridgehead atoms. The highest BCUT2D eigenvalue weighted by Gasteiger charge is 2.30. The molecule has 0 radical (unpaired) electrons. The molecule has 5 aromatic rings. The average Bonchev–Trinajstić information content (AvgIpc) is 3.02. The summed E-state index contributed by atoms with van der Waals surface area (Å²) in [5, 5.41) is 0.